The van der Waals surface area contributed by atoms with E-state index in [4.69, 9.17) is 9.15 Å². The van der Waals surface area contributed by atoms with E-state index in [1.807, 2.05) is 67.6 Å². The molecule has 3 heterocycles. The Bertz CT molecular complexity index is 1300. The molecular weight excluding hydrogens is 406 g/mol. The van der Waals surface area contributed by atoms with Gasteiger partial charge < -0.3 is 24.8 Å². The average Bonchev–Trinajstić information content (AvgIpc) is 3.48. The number of rotatable bonds is 8. The lowest BCUT2D eigenvalue weighted by molar-refractivity contribution is 0.312. The molecule has 5 aromatic rings. The van der Waals surface area contributed by atoms with E-state index < -0.39 is 0 Å². The van der Waals surface area contributed by atoms with Crippen molar-refractivity contribution in [1.82, 2.24) is 24.9 Å². The second-order valence-corrected chi connectivity index (χ2v) is 6.94. The molecule has 0 aliphatic rings. The van der Waals surface area contributed by atoms with Crippen molar-refractivity contribution in [3.05, 3.63) is 72.7 Å². The zero-order chi connectivity index (χ0) is 21.8. The lowest BCUT2D eigenvalue weighted by Gasteiger charge is -2.10. The fourth-order valence-electron chi connectivity index (χ4n) is 3.23. The minimum atomic E-state index is 0.236. The van der Waals surface area contributed by atoms with E-state index in [1.54, 1.807) is 6.26 Å². The van der Waals surface area contributed by atoms with Crippen LogP contribution in [0.5, 0.6) is 6.01 Å². The van der Waals surface area contributed by atoms with Gasteiger partial charge in [-0.25, -0.2) is 4.98 Å². The fourth-order valence-corrected chi connectivity index (χ4v) is 3.23. The Hall–Kier alpha value is -4.40. The van der Waals surface area contributed by atoms with E-state index in [9.17, 15) is 0 Å². The Kier molecular flexibility index (Phi) is 5.36. The van der Waals surface area contributed by atoms with Crippen LogP contribution in [-0.2, 0) is 6.54 Å². The summed E-state index contributed by atoms with van der Waals surface area (Å²) in [7, 11) is 0. The lowest BCUT2D eigenvalue weighted by Crippen LogP contribution is -2.09. The molecule has 0 spiro atoms. The first-order chi connectivity index (χ1) is 15.8. The summed E-state index contributed by atoms with van der Waals surface area (Å²) >= 11 is 0. The highest BCUT2D eigenvalue weighted by atomic mass is 16.5. The number of hydrogen-bond acceptors (Lipinski definition) is 8. The van der Waals surface area contributed by atoms with Crippen LogP contribution in [0.15, 0.2) is 71.3 Å². The third-order valence-electron chi connectivity index (χ3n) is 4.67. The number of ether oxygens (including phenoxy) is 1. The average molecular weight is 427 g/mol. The second-order valence-electron chi connectivity index (χ2n) is 6.94. The Labute approximate surface area is 183 Å². The van der Waals surface area contributed by atoms with Crippen molar-refractivity contribution in [1.29, 1.82) is 0 Å². The number of furan rings is 1. The first kappa shape index (κ1) is 19.6. The van der Waals surface area contributed by atoms with Crippen LogP contribution in [0.25, 0.3) is 22.4 Å². The molecule has 32 heavy (non-hydrogen) atoms. The van der Waals surface area contributed by atoms with E-state index in [0.29, 0.717) is 25.0 Å². The van der Waals surface area contributed by atoms with E-state index in [0.717, 1.165) is 33.9 Å². The maximum Gasteiger partial charge on any atom is 0.323 e. The first-order valence-corrected chi connectivity index (χ1v) is 10.2. The number of anilines is 3. The highest BCUT2D eigenvalue weighted by Crippen LogP contribution is 2.25. The van der Waals surface area contributed by atoms with Gasteiger partial charge in [-0.05, 0) is 43.3 Å². The summed E-state index contributed by atoms with van der Waals surface area (Å²) in [6.45, 7) is 2.77. The fraction of sp³-hybridized carbons (Fsp3) is 0.130. The molecule has 0 bridgehead atoms. The predicted molar refractivity (Wildman–Crippen MR) is 122 cm³/mol. The maximum absolute atomic E-state index is 5.51. The maximum atomic E-state index is 5.51. The van der Waals surface area contributed by atoms with Gasteiger partial charge in [-0.3, -0.25) is 0 Å². The molecule has 5 rings (SSSR count). The molecule has 0 aliphatic carbocycles. The minimum Gasteiger partial charge on any atom is -0.467 e. The van der Waals surface area contributed by atoms with Gasteiger partial charge in [-0.1, -0.05) is 24.3 Å². The van der Waals surface area contributed by atoms with Crippen LogP contribution in [0.4, 0.5) is 17.6 Å². The van der Waals surface area contributed by atoms with Crippen LogP contribution in [0.3, 0.4) is 0 Å². The smallest absolute Gasteiger partial charge is 0.323 e. The van der Waals surface area contributed by atoms with Crippen LogP contribution >= 0.6 is 0 Å². The Morgan fingerprint density at radius 2 is 1.84 bits per heavy atom. The third-order valence-corrected chi connectivity index (χ3v) is 4.67. The molecule has 3 aromatic heterocycles. The molecule has 0 atom stereocenters. The Balaban J connectivity index is 1.39. The number of imidazole rings is 1. The van der Waals surface area contributed by atoms with Gasteiger partial charge in [0.1, 0.15) is 11.6 Å². The zero-order valence-corrected chi connectivity index (χ0v) is 17.4. The number of aromatic amines is 1. The van der Waals surface area contributed by atoms with Crippen molar-refractivity contribution >= 4 is 28.6 Å². The van der Waals surface area contributed by atoms with Gasteiger partial charge in [0.05, 0.1) is 30.4 Å². The van der Waals surface area contributed by atoms with Crippen LogP contribution in [0.2, 0.25) is 0 Å². The van der Waals surface area contributed by atoms with E-state index >= 15 is 0 Å². The van der Waals surface area contributed by atoms with Gasteiger partial charge in [0.2, 0.25) is 11.9 Å². The number of H-pyrrole nitrogens is 1. The van der Waals surface area contributed by atoms with Crippen molar-refractivity contribution < 1.29 is 9.15 Å². The SMILES string of the molecule is CCOc1nc(NCc2ccco2)nc(Nc2cccc(-c3nc4ccccc4[nH]3)c2)n1. The van der Waals surface area contributed by atoms with Crippen molar-refractivity contribution in [2.75, 3.05) is 17.2 Å². The molecule has 9 heteroatoms. The molecule has 0 saturated heterocycles. The Morgan fingerprint density at radius 1 is 0.938 bits per heavy atom. The number of nitrogens with zero attached hydrogens (tertiary/aromatic N) is 4. The monoisotopic (exact) mass is 427 g/mol. The van der Waals surface area contributed by atoms with Crippen LogP contribution in [0, 0.1) is 0 Å². The van der Waals surface area contributed by atoms with Crippen molar-refractivity contribution in [3.8, 4) is 17.4 Å². The molecule has 0 aliphatic heterocycles. The number of para-hydroxylation sites is 2. The van der Waals surface area contributed by atoms with Gasteiger partial charge in [-0.2, -0.15) is 15.0 Å². The van der Waals surface area contributed by atoms with E-state index in [2.05, 4.69) is 35.6 Å². The van der Waals surface area contributed by atoms with Gasteiger partial charge >= 0.3 is 6.01 Å². The number of hydrogen-bond donors (Lipinski definition) is 3. The number of aromatic nitrogens is 5. The molecule has 0 fully saturated rings. The van der Waals surface area contributed by atoms with Gasteiger partial charge in [0.25, 0.3) is 0 Å². The molecule has 9 nitrogen and oxygen atoms in total. The van der Waals surface area contributed by atoms with Crippen molar-refractivity contribution in [2.24, 2.45) is 0 Å². The molecule has 0 radical (unpaired) electrons. The summed E-state index contributed by atoms with van der Waals surface area (Å²) in [5.74, 6) is 2.32. The number of nitrogens with one attached hydrogen (secondary N) is 3. The number of benzene rings is 2. The number of fused-ring (bicyclic) bond motifs is 1. The molecule has 160 valence electrons. The van der Waals surface area contributed by atoms with Crippen LogP contribution in [-0.4, -0.2) is 31.5 Å². The molecule has 3 N–H and O–H groups in total. The van der Waals surface area contributed by atoms with Gasteiger partial charge in [0.15, 0.2) is 0 Å². The quantitative estimate of drug-likeness (QED) is 0.325. The standard InChI is InChI=1S/C23H21N7O2/c1-2-31-23-29-21(24-14-17-9-6-12-32-17)28-22(30-23)25-16-8-5-7-15(13-16)20-26-18-10-3-4-11-19(18)27-20/h3-13H,2,14H2,1H3,(H,26,27)(H2,24,25,28,29,30). The third kappa shape index (κ3) is 4.36. The van der Waals surface area contributed by atoms with Gasteiger partial charge in [0, 0.05) is 11.3 Å². The second kappa shape index (κ2) is 8.76. The van der Waals surface area contributed by atoms with Crippen molar-refractivity contribution in [3.63, 3.8) is 0 Å². The van der Waals surface area contributed by atoms with E-state index in [1.165, 1.54) is 0 Å². The molecule has 2 aromatic carbocycles. The minimum absolute atomic E-state index is 0.236. The summed E-state index contributed by atoms with van der Waals surface area (Å²) in [6.07, 6.45) is 1.62. The highest BCUT2D eigenvalue weighted by Gasteiger charge is 2.10. The predicted octanol–water partition coefficient (Wildman–Crippen LogP) is 4.76. The molecule has 0 unspecified atom stereocenters. The van der Waals surface area contributed by atoms with E-state index in [-0.39, 0.29) is 6.01 Å². The first-order valence-electron chi connectivity index (χ1n) is 10.2. The Morgan fingerprint density at radius 3 is 2.69 bits per heavy atom. The lowest BCUT2D eigenvalue weighted by atomic mass is 10.2. The zero-order valence-electron chi connectivity index (χ0n) is 17.4. The summed E-state index contributed by atoms with van der Waals surface area (Å²) in [4.78, 5) is 21.1. The molecule has 0 saturated carbocycles. The van der Waals surface area contributed by atoms with Crippen LogP contribution in [0.1, 0.15) is 12.7 Å². The summed E-state index contributed by atoms with van der Waals surface area (Å²) in [5, 5.41) is 6.37. The van der Waals surface area contributed by atoms with Crippen LogP contribution < -0.4 is 15.4 Å². The van der Waals surface area contributed by atoms with Crippen molar-refractivity contribution in [2.45, 2.75) is 13.5 Å². The highest BCUT2D eigenvalue weighted by molar-refractivity contribution is 5.80. The normalized spacial score (nSPS) is 10.9. The summed E-state index contributed by atoms with van der Waals surface area (Å²) < 4.78 is 10.9. The largest absolute Gasteiger partial charge is 0.467 e. The summed E-state index contributed by atoms with van der Waals surface area (Å²) in [6, 6.07) is 19.8. The molecule has 0 amide bonds. The summed E-state index contributed by atoms with van der Waals surface area (Å²) in [5.41, 5.74) is 3.67. The van der Waals surface area contributed by atoms with Gasteiger partial charge in [-0.15, -0.1) is 0 Å². The topological polar surface area (TPSA) is 114 Å². The molecular formula is C23H21N7O2.